The molecule has 0 spiro atoms. The van der Waals surface area contributed by atoms with Gasteiger partial charge in [0.05, 0.1) is 11.7 Å². The minimum absolute atomic E-state index is 0.149. The monoisotopic (exact) mass is 242 g/mol. The van der Waals surface area contributed by atoms with Crippen molar-refractivity contribution in [2.45, 2.75) is 32.7 Å². The van der Waals surface area contributed by atoms with Crippen molar-refractivity contribution < 1.29 is 4.79 Å². The second-order valence-electron chi connectivity index (χ2n) is 4.60. The van der Waals surface area contributed by atoms with Crippen LogP contribution in [-0.4, -0.2) is 27.6 Å². The van der Waals surface area contributed by atoms with Gasteiger partial charge in [-0.25, -0.2) is 0 Å². The Morgan fingerprint density at radius 2 is 2.38 bits per heavy atom. The van der Waals surface area contributed by atoms with Gasteiger partial charge in [0.15, 0.2) is 0 Å². The Labute approximate surface area is 99.6 Å². The number of hydrogen-bond donors (Lipinski definition) is 2. The zero-order valence-corrected chi connectivity index (χ0v) is 10.7. The number of rotatable bonds is 5. The van der Waals surface area contributed by atoms with E-state index in [-0.39, 0.29) is 11.4 Å². The lowest BCUT2D eigenvalue weighted by molar-refractivity contribution is 0.0902. The van der Waals surface area contributed by atoms with Gasteiger partial charge in [-0.2, -0.15) is 0 Å². The molecule has 0 aliphatic carbocycles. The number of carbonyl (C=O) groups excluding carboxylic acids is 1. The van der Waals surface area contributed by atoms with Crippen LogP contribution in [0.4, 0.5) is 0 Å². The number of nitrogens with two attached hydrogens (primary N) is 1. The number of aromatic nitrogens is 2. The third-order valence-electron chi connectivity index (χ3n) is 2.31. The molecule has 0 saturated carbocycles. The largest absolute Gasteiger partial charge is 0.345 e. The van der Waals surface area contributed by atoms with Crippen molar-refractivity contribution in [3.8, 4) is 0 Å². The van der Waals surface area contributed by atoms with E-state index in [2.05, 4.69) is 28.8 Å². The van der Waals surface area contributed by atoms with Crippen LogP contribution in [0.15, 0.2) is 6.20 Å². The van der Waals surface area contributed by atoms with Gasteiger partial charge >= 0.3 is 0 Å². The van der Waals surface area contributed by atoms with E-state index in [4.69, 9.17) is 5.73 Å². The molecule has 3 N–H and O–H groups in total. The van der Waals surface area contributed by atoms with Gasteiger partial charge in [0.2, 0.25) is 0 Å². The second kappa shape index (κ2) is 5.36. The first-order valence-corrected chi connectivity index (χ1v) is 6.04. The first kappa shape index (κ1) is 13.1. The van der Waals surface area contributed by atoms with Crippen molar-refractivity contribution >= 4 is 17.4 Å². The van der Waals surface area contributed by atoms with E-state index in [0.717, 1.165) is 18.0 Å². The molecule has 0 aliphatic heterocycles. The summed E-state index contributed by atoms with van der Waals surface area (Å²) in [6, 6.07) is 0. The molecule has 0 radical (unpaired) electrons. The standard InChI is InChI=1S/C10H18N4OS/c1-7(2)4-10(3,6-11)13-9(15)8-5-12-14-16-8/h5,7H,4,6,11H2,1-3H3,(H,13,15). The summed E-state index contributed by atoms with van der Waals surface area (Å²) in [7, 11) is 0. The molecule has 1 atom stereocenters. The molecule has 90 valence electrons. The average Bonchev–Trinajstić information content (AvgIpc) is 2.69. The van der Waals surface area contributed by atoms with Crippen LogP contribution in [-0.2, 0) is 0 Å². The molecule has 0 fully saturated rings. The van der Waals surface area contributed by atoms with Crippen LogP contribution in [0.2, 0.25) is 0 Å². The summed E-state index contributed by atoms with van der Waals surface area (Å²) in [6.07, 6.45) is 2.31. The molecule has 16 heavy (non-hydrogen) atoms. The van der Waals surface area contributed by atoms with Crippen molar-refractivity contribution in [3.63, 3.8) is 0 Å². The SMILES string of the molecule is CC(C)CC(C)(CN)NC(=O)c1cnns1. The normalized spacial score (nSPS) is 14.8. The van der Waals surface area contributed by atoms with E-state index in [9.17, 15) is 4.79 Å². The molecule has 5 nitrogen and oxygen atoms in total. The van der Waals surface area contributed by atoms with Gasteiger partial charge in [0.1, 0.15) is 4.88 Å². The fourth-order valence-electron chi connectivity index (χ4n) is 1.69. The highest BCUT2D eigenvalue weighted by Crippen LogP contribution is 2.16. The summed E-state index contributed by atoms with van der Waals surface area (Å²) >= 11 is 1.09. The van der Waals surface area contributed by atoms with Crippen LogP contribution in [0, 0.1) is 5.92 Å². The Balaban J connectivity index is 2.66. The highest BCUT2D eigenvalue weighted by Gasteiger charge is 2.26. The molecular formula is C10H18N4OS. The van der Waals surface area contributed by atoms with Crippen molar-refractivity contribution in [2.75, 3.05) is 6.54 Å². The van der Waals surface area contributed by atoms with Gasteiger partial charge < -0.3 is 11.1 Å². The van der Waals surface area contributed by atoms with Gasteiger partial charge in [-0.05, 0) is 30.8 Å². The molecular weight excluding hydrogens is 224 g/mol. The summed E-state index contributed by atoms with van der Waals surface area (Å²) in [5.41, 5.74) is 5.35. The quantitative estimate of drug-likeness (QED) is 0.808. The first-order valence-electron chi connectivity index (χ1n) is 5.27. The van der Waals surface area contributed by atoms with E-state index in [0.29, 0.717) is 17.3 Å². The average molecular weight is 242 g/mol. The Kier molecular flexibility index (Phi) is 4.37. The van der Waals surface area contributed by atoms with Gasteiger partial charge in [-0.1, -0.05) is 18.3 Å². The van der Waals surface area contributed by atoms with Crippen molar-refractivity contribution in [2.24, 2.45) is 11.7 Å². The summed E-state index contributed by atoms with van der Waals surface area (Å²) in [5, 5.41) is 6.58. The van der Waals surface area contributed by atoms with E-state index >= 15 is 0 Å². The number of hydrogen-bond acceptors (Lipinski definition) is 5. The predicted octanol–water partition coefficient (Wildman–Crippen LogP) is 1.03. The topological polar surface area (TPSA) is 80.9 Å². The zero-order chi connectivity index (χ0) is 12.2. The van der Waals surface area contributed by atoms with E-state index < -0.39 is 0 Å². The fourth-order valence-corrected chi connectivity index (χ4v) is 2.10. The lowest BCUT2D eigenvalue weighted by Crippen LogP contribution is -2.52. The number of amides is 1. The van der Waals surface area contributed by atoms with Gasteiger partial charge in [-0.15, -0.1) is 5.10 Å². The minimum Gasteiger partial charge on any atom is -0.345 e. The number of nitrogens with zero attached hydrogens (tertiary/aromatic N) is 2. The molecule has 0 aromatic carbocycles. The summed E-state index contributed by atoms with van der Waals surface area (Å²) in [5.74, 6) is 0.331. The Hall–Kier alpha value is -1.01. The Bertz CT molecular complexity index is 339. The smallest absolute Gasteiger partial charge is 0.265 e. The summed E-state index contributed by atoms with van der Waals surface area (Å²) in [4.78, 5) is 12.3. The molecule has 1 heterocycles. The van der Waals surface area contributed by atoms with E-state index in [1.807, 2.05) is 6.92 Å². The Morgan fingerprint density at radius 3 is 2.81 bits per heavy atom. The van der Waals surface area contributed by atoms with Crippen LogP contribution in [0.25, 0.3) is 0 Å². The van der Waals surface area contributed by atoms with Crippen LogP contribution in [0.5, 0.6) is 0 Å². The highest BCUT2D eigenvalue weighted by molar-refractivity contribution is 7.07. The van der Waals surface area contributed by atoms with Crippen molar-refractivity contribution in [1.82, 2.24) is 14.9 Å². The van der Waals surface area contributed by atoms with E-state index in [1.54, 1.807) is 0 Å². The zero-order valence-electron chi connectivity index (χ0n) is 9.86. The number of carbonyl (C=O) groups is 1. The highest BCUT2D eigenvalue weighted by atomic mass is 32.1. The lowest BCUT2D eigenvalue weighted by Gasteiger charge is -2.30. The van der Waals surface area contributed by atoms with Crippen molar-refractivity contribution in [1.29, 1.82) is 0 Å². The second-order valence-corrected chi connectivity index (χ2v) is 5.38. The molecule has 0 bridgehead atoms. The molecule has 1 aromatic rings. The Morgan fingerprint density at radius 1 is 1.69 bits per heavy atom. The first-order chi connectivity index (χ1) is 7.47. The van der Waals surface area contributed by atoms with Crippen LogP contribution in [0.1, 0.15) is 36.9 Å². The minimum atomic E-state index is -0.366. The molecule has 1 unspecified atom stereocenters. The maximum Gasteiger partial charge on any atom is 0.265 e. The van der Waals surface area contributed by atoms with Crippen LogP contribution >= 0.6 is 11.5 Å². The predicted molar refractivity (Wildman–Crippen MR) is 64.3 cm³/mol. The molecule has 6 heteroatoms. The molecule has 1 aromatic heterocycles. The van der Waals surface area contributed by atoms with E-state index in [1.165, 1.54) is 6.20 Å². The molecule has 1 amide bonds. The maximum absolute atomic E-state index is 11.8. The van der Waals surface area contributed by atoms with Gasteiger partial charge in [-0.3, -0.25) is 4.79 Å². The molecule has 0 aliphatic rings. The fraction of sp³-hybridized carbons (Fsp3) is 0.700. The van der Waals surface area contributed by atoms with Gasteiger partial charge in [0.25, 0.3) is 5.91 Å². The molecule has 1 rings (SSSR count). The number of nitrogens with one attached hydrogen (secondary N) is 1. The molecule has 0 saturated heterocycles. The van der Waals surface area contributed by atoms with Crippen molar-refractivity contribution in [3.05, 3.63) is 11.1 Å². The van der Waals surface area contributed by atoms with Crippen LogP contribution < -0.4 is 11.1 Å². The lowest BCUT2D eigenvalue weighted by atomic mass is 9.90. The van der Waals surface area contributed by atoms with Crippen LogP contribution in [0.3, 0.4) is 0 Å². The van der Waals surface area contributed by atoms with Gasteiger partial charge in [0, 0.05) is 6.54 Å². The third kappa shape index (κ3) is 3.53. The summed E-state index contributed by atoms with van der Waals surface area (Å²) in [6.45, 7) is 6.59. The maximum atomic E-state index is 11.8. The summed E-state index contributed by atoms with van der Waals surface area (Å²) < 4.78 is 3.66. The third-order valence-corrected chi connectivity index (χ3v) is 2.97.